The van der Waals surface area contributed by atoms with E-state index in [0.29, 0.717) is 23.1 Å². The van der Waals surface area contributed by atoms with E-state index in [4.69, 9.17) is 0 Å². The van der Waals surface area contributed by atoms with Crippen molar-refractivity contribution in [2.45, 2.75) is 0 Å². The lowest BCUT2D eigenvalue weighted by Crippen LogP contribution is -2.23. The largest absolute Gasteiger partial charge is 0.458 e. The first-order valence-corrected chi connectivity index (χ1v) is 1.73. The summed E-state index contributed by atoms with van der Waals surface area (Å²) in [4.78, 5) is 0. The fourth-order valence-electron chi connectivity index (χ4n) is 0.279. The lowest BCUT2D eigenvalue weighted by Gasteiger charge is -2.07. The Morgan fingerprint density at radius 1 is 0.556 bits per heavy atom. The molecule has 1 fully saturated rings. The number of hydrogen-bond acceptors (Lipinski definition) is 3. The Bertz CT molecular complexity index is 29.8. The first-order valence-electron chi connectivity index (χ1n) is 1.73. The summed E-state index contributed by atoms with van der Waals surface area (Å²) in [6.07, 6.45) is 0. The zero-order valence-electron chi connectivity index (χ0n) is 4.57. The maximum Gasteiger partial charge on any atom is 0.410 e. The second-order valence-electron chi connectivity index (χ2n) is 0.966. The Morgan fingerprint density at radius 2 is 0.778 bits per heavy atom. The van der Waals surface area contributed by atoms with E-state index in [1.807, 2.05) is 0 Å². The van der Waals surface area contributed by atoms with Gasteiger partial charge in [0.05, 0.1) is 0 Å². The molecule has 48 valence electrons. The summed E-state index contributed by atoms with van der Waals surface area (Å²) >= 11 is 0. The average Bonchev–Trinajstić information content (AvgIpc) is 1.72. The summed E-state index contributed by atoms with van der Waals surface area (Å²) < 4.78 is 13.9. The third kappa shape index (κ3) is 9.12. The second-order valence-corrected chi connectivity index (χ2v) is 0.966. The standard InChI is InChI=1S/B3H3O3.3S/c1-4-2-6-3-5-1;;;/h1-3H;;;. The van der Waals surface area contributed by atoms with Gasteiger partial charge >= 0.3 is 23.1 Å². The minimum Gasteiger partial charge on any atom is -0.458 e. The van der Waals surface area contributed by atoms with E-state index in [1.54, 1.807) is 0 Å². The highest BCUT2D eigenvalue weighted by molar-refractivity contribution is 7.59. The average molecular weight is 180 g/mol. The van der Waals surface area contributed by atoms with Gasteiger partial charge in [0.25, 0.3) is 0 Å². The molecule has 0 aromatic rings. The first kappa shape index (κ1) is 16.6. The van der Waals surface area contributed by atoms with Crippen molar-refractivity contribution in [2.24, 2.45) is 0 Å². The second kappa shape index (κ2) is 11.9. The quantitative estimate of drug-likeness (QED) is 0.482. The van der Waals surface area contributed by atoms with Crippen molar-refractivity contribution in [2.75, 3.05) is 0 Å². The third-order valence-corrected chi connectivity index (χ3v) is 0.500. The molecule has 1 aliphatic rings. The molecule has 1 rings (SSSR count). The Labute approximate surface area is 77.5 Å². The highest BCUT2D eigenvalue weighted by Crippen LogP contribution is 1.78. The molecule has 0 bridgehead atoms. The van der Waals surface area contributed by atoms with Gasteiger partial charge in [-0.1, -0.05) is 0 Å². The van der Waals surface area contributed by atoms with E-state index in [2.05, 4.69) is 13.7 Å². The normalized spacial score (nSPS) is 13.3. The van der Waals surface area contributed by atoms with Crippen LogP contribution < -0.4 is 0 Å². The van der Waals surface area contributed by atoms with Crippen LogP contribution >= 0.6 is 40.5 Å². The monoisotopic (exact) mass is 180 g/mol. The summed E-state index contributed by atoms with van der Waals surface area (Å²) in [5.74, 6) is 0. The molecule has 0 N–H and O–H groups in total. The molecule has 0 atom stereocenters. The minimum absolute atomic E-state index is 0. The predicted molar refractivity (Wildman–Crippen MR) is 47.5 cm³/mol. The number of hydrogen-bond donors (Lipinski definition) is 0. The van der Waals surface area contributed by atoms with Crippen LogP contribution in [-0.4, -0.2) is 23.1 Å². The lowest BCUT2D eigenvalue weighted by atomic mass is 10.1. The van der Waals surface area contributed by atoms with Crippen molar-refractivity contribution in [1.29, 1.82) is 0 Å². The number of rotatable bonds is 0. The molecule has 0 unspecified atom stereocenters. The molecule has 1 saturated heterocycles. The van der Waals surface area contributed by atoms with Gasteiger partial charge in [-0.25, -0.2) is 0 Å². The molecule has 3 nitrogen and oxygen atoms in total. The van der Waals surface area contributed by atoms with E-state index >= 15 is 0 Å². The zero-order valence-corrected chi connectivity index (χ0v) is 7.02. The molecular weight excluding hydrogens is 177 g/mol. The van der Waals surface area contributed by atoms with Crippen molar-refractivity contribution in [3.63, 3.8) is 0 Å². The van der Waals surface area contributed by atoms with Gasteiger partial charge in [0.1, 0.15) is 0 Å². The van der Waals surface area contributed by atoms with Gasteiger partial charge in [-0.05, 0) is 0 Å². The summed E-state index contributed by atoms with van der Waals surface area (Å²) in [6.45, 7) is 0. The van der Waals surface area contributed by atoms with Gasteiger partial charge in [-0.15, -0.1) is 0 Å². The van der Waals surface area contributed by atoms with Crippen molar-refractivity contribution >= 4 is 63.5 Å². The van der Waals surface area contributed by atoms with E-state index in [-0.39, 0.29) is 40.5 Å². The Morgan fingerprint density at radius 3 is 0.889 bits per heavy atom. The Kier molecular flexibility index (Phi) is 21.9. The van der Waals surface area contributed by atoms with E-state index in [1.165, 1.54) is 0 Å². The topological polar surface area (TPSA) is 27.7 Å². The van der Waals surface area contributed by atoms with E-state index in [9.17, 15) is 0 Å². The smallest absolute Gasteiger partial charge is 0.410 e. The van der Waals surface area contributed by atoms with Crippen LogP contribution in [0.25, 0.3) is 0 Å². The molecule has 0 amide bonds. The fourth-order valence-corrected chi connectivity index (χ4v) is 0.279. The van der Waals surface area contributed by atoms with Crippen LogP contribution in [-0.2, 0) is 13.7 Å². The molecule has 9 heteroatoms. The maximum absolute atomic E-state index is 4.62. The van der Waals surface area contributed by atoms with E-state index < -0.39 is 0 Å². The molecule has 6 radical (unpaired) electrons. The van der Waals surface area contributed by atoms with Crippen LogP contribution in [0.15, 0.2) is 0 Å². The fraction of sp³-hybridized carbons (Fsp3) is 0. The highest BCUT2D eigenvalue weighted by atomic mass is 32.1. The summed E-state index contributed by atoms with van der Waals surface area (Å²) in [5.41, 5.74) is 0. The minimum atomic E-state index is 0. The van der Waals surface area contributed by atoms with Crippen molar-refractivity contribution in [3.8, 4) is 0 Å². The Hall–Kier alpha value is 1.12. The van der Waals surface area contributed by atoms with Crippen molar-refractivity contribution in [1.82, 2.24) is 0 Å². The van der Waals surface area contributed by atoms with Gasteiger partial charge < -0.3 is 13.7 Å². The molecule has 1 aliphatic heterocycles. The van der Waals surface area contributed by atoms with Gasteiger partial charge in [0, 0.05) is 40.5 Å². The van der Waals surface area contributed by atoms with Crippen molar-refractivity contribution < 1.29 is 13.7 Å². The molecule has 0 spiro atoms. The molecule has 0 aromatic heterocycles. The molecule has 0 aliphatic carbocycles. The van der Waals surface area contributed by atoms with Gasteiger partial charge in [-0.2, -0.15) is 0 Å². The third-order valence-electron chi connectivity index (χ3n) is 0.500. The van der Waals surface area contributed by atoms with Crippen LogP contribution in [0.2, 0.25) is 0 Å². The summed E-state index contributed by atoms with van der Waals surface area (Å²) in [5, 5.41) is 0. The van der Waals surface area contributed by atoms with Gasteiger partial charge in [0.15, 0.2) is 0 Å². The zero-order chi connectivity index (χ0) is 4.24. The van der Waals surface area contributed by atoms with Crippen molar-refractivity contribution in [3.05, 3.63) is 0 Å². The first-order chi connectivity index (χ1) is 3.00. The van der Waals surface area contributed by atoms with Gasteiger partial charge in [0.2, 0.25) is 0 Å². The molecular formula is H3B3O3S3. The predicted octanol–water partition coefficient (Wildman–Crippen LogP) is -0.206. The molecule has 1 heterocycles. The molecule has 0 saturated carbocycles. The summed E-state index contributed by atoms with van der Waals surface area (Å²) in [7, 11) is 1.12. The Balaban J connectivity index is -0.000000120. The van der Waals surface area contributed by atoms with E-state index in [0.717, 1.165) is 0 Å². The van der Waals surface area contributed by atoms with Gasteiger partial charge in [-0.3, -0.25) is 0 Å². The summed E-state index contributed by atoms with van der Waals surface area (Å²) in [6, 6.07) is 0. The lowest BCUT2D eigenvalue weighted by molar-refractivity contribution is 0.347. The van der Waals surface area contributed by atoms with Crippen LogP contribution in [0.4, 0.5) is 0 Å². The maximum atomic E-state index is 4.62. The highest BCUT2D eigenvalue weighted by Gasteiger charge is 2.03. The molecule has 9 heavy (non-hydrogen) atoms. The van der Waals surface area contributed by atoms with Crippen LogP contribution in [0, 0.1) is 0 Å². The van der Waals surface area contributed by atoms with Crippen LogP contribution in [0.1, 0.15) is 0 Å². The van der Waals surface area contributed by atoms with Crippen LogP contribution in [0.3, 0.4) is 0 Å². The molecule has 0 aromatic carbocycles. The van der Waals surface area contributed by atoms with Crippen LogP contribution in [0.5, 0.6) is 0 Å². The SMILES string of the molecule is B1OBOBO1.[S].[S].[S].